The number of benzene rings is 3. The van der Waals surface area contributed by atoms with Gasteiger partial charge in [0.05, 0.1) is 5.56 Å². The van der Waals surface area contributed by atoms with Crippen molar-refractivity contribution in [3.63, 3.8) is 0 Å². The molecule has 2 amide bonds. The number of para-hydroxylation sites is 1. The molecule has 0 fully saturated rings. The summed E-state index contributed by atoms with van der Waals surface area (Å²) in [6.07, 6.45) is 2.49. The first-order valence-corrected chi connectivity index (χ1v) is 9.09. The second-order valence-corrected chi connectivity index (χ2v) is 6.48. The summed E-state index contributed by atoms with van der Waals surface area (Å²) in [5.74, 6) is -0.928. The Bertz CT molecular complexity index is 1100. The molecule has 0 bridgehead atoms. The monoisotopic (exact) mass is 426 g/mol. The van der Waals surface area contributed by atoms with Gasteiger partial charge in [-0.1, -0.05) is 23.7 Å². The Morgan fingerprint density at radius 2 is 1.77 bits per heavy atom. The second kappa shape index (κ2) is 9.69. The SMILES string of the molecule is O=C(/C=C/c1cc(Cl)ccc1NC(=O)c1ccccc1Oc1ccc(F)cc1)NO. The molecule has 3 aromatic carbocycles. The maximum atomic E-state index is 13.1. The molecule has 3 rings (SSSR count). The van der Waals surface area contributed by atoms with Crippen LogP contribution in [0.15, 0.2) is 72.8 Å². The number of hydrogen-bond donors (Lipinski definition) is 3. The third-order valence-corrected chi connectivity index (χ3v) is 4.19. The molecule has 152 valence electrons. The van der Waals surface area contributed by atoms with Gasteiger partial charge in [-0.3, -0.25) is 14.8 Å². The molecule has 0 radical (unpaired) electrons. The fraction of sp³-hybridized carbons (Fsp3) is 0. The quantitative estimate of drug-likeness (QED) is 0.292. The lowest BCUT2D eigenvalue weighted by atomic mass is 10.1. The van der Waals surface area contributed by atoms with Gasteiger partial charge >= 0.3 is 0 Å². The summed E-state index contributed by atoms with van der Waals surface area (Å²) in [5, 5.41) is 11.8. The molecule has 0 atom stereocenters. The average Bonchev–Trinajstić information content (AvgIpc) is 2.75. The van der Waals surface area contributed by atoms with Crippen LogP contribution in [0.1, 0.15) is 15.9 Å². The Balaban J connectivity index is 1.86. The average molecular weight is 427 g/mol. The molecule has 0 aliphatic rings. The number of carbonyl (C=O) groups excluding carboxylic acids is 2. The fourth-order valence-corrected chi connectivity index (χ4v) is 2.73. The predicted molar refractivity (Wildman–Crippen MR) is 111 cm³/mol. The molecule has 0 saturated heterocycles. The van der Waals surface area contributed by atoms with E-state index in [1.807, 2.05) is 0 Å². The smallest absolute Gasteiger partial charge is 0.267 e. The predicted octanol–water partition coefficient (Wildman–Crippen LogP) is 5.04. The number of rotatable bonds is 6. The molecule has 0 aliphatic carbocycles. The van der Waals surface area contributed by atoms with E-state index in [1.165, 1.54) is 35.8 Å². The highest BCUT2D eigenvalue weighted by Gasteiger charge is 2.15. The zero-order valence-electron chi connectivity index (χ0n) is 15.4. The second-order valence-electron chi connectivity index (χ2n) is 6.05. The lowest BCUT2D eigenvalue weighted by Crippen LogP contribution is -2.15. The van der Waals surface area contributed by atoms with E-state index in [2.05, 4.69) is 5.32 Å². The number of hydrogen-bond acceptors (Lipinski definition) is 4. The van der Waals surface area contributed by atoms with Crippen molar-refractivity contribution in [2.75, 3.05) is 5.32 Å². The zero-order valence-corrected chi connectivity index (χ0v) is 16.2. The number of anilines is 1. The van der Waals surface area contributed by atoms with Gasteiger partial charge in [0.15, 0.2) is 0 Å². The molecule has 3 N–H and O–H groups in total. The summed E-state index contributed by atoms with van der Waals surface area (Å²) >= 11 is 6.00. The van der Waals surface area contributed by atoms with Gasteiger partial charge < -0.3 is 10.1 Å². The standard InChI is InChI=1S/C22H16ClFN2O4/c23-15-6-11-19(14(13-15)5-12-21(27)26-29)25-22(28)18-3-1-2-4-20(18)30-17-9-7-16(24)8-10-17/h1-13,29H,(H,25,28)(H,26,27)/b12-5+. The van der Waals surface area contributed by atoms with Gasteiger partial charge in [0, 0.05) is 16.8 Å². The highest BCUT2D eigenvalue weighted by atomic mass is 35.5. The molecule has 0 aromatic heterocycles. The van der Waals surface area contributed by atoms with Crippen LogP contribution in [0.3, 0.4) is 0 Å². The van der Waals surface area contributed by atoms with E-state index in [0.29, 0.717) is 22.0 Å². The highest BCUT2D eigenvalue weighted by Crippen LogP contribution is 2.28. The Kier molecular flexibility index (Phi) is 6.79. The number of amides is 2. The van der Waals surface area contributed by atoms with Crippen LogP contribution in [0.25, 0.3) is 6.08 Å². The van der Waals surface area contributed by atoms with E-state index < -0.39 is 17.6 Å². The van der Waals surface area contributed by atoms with Gasteiger partial charge in [0.1, 0.15) is 17.3 Å². The summed E-state index contributed by atoms with van der Waals surface area (Å²) in [6.45, 7) is 0. The van der Waals surface area contributed by atoms with Crippen molar-refractivity contribution >= 4 is 35.2 Å². The molecule has 0 saturated carbocycles. The van der Waals surface area contributed by atoms with Crippen molar-refractivity contribution in [1.82, 2.24) is 5.48 Å². The van der Waals surface area contributed by atoms with Crippen molar-refractivity contribution in [2.45, 2.75) is 0 Å². The van der Waals surface area contributed by atoms with E-state index in [4.69, 9.17) is 21.5 Å². The number of nitrogens with one attached hydrogen (secondary N) is 2. The van der Waals surface area contributed by atoms with E-state index in [0.717, 1.165) is 6.08 Å². The first-order chi connectivity index (χ1) is 14.5. The summed E-state index contributed by atoms with van der Waals surface area (Å²) in [5.41, 5.74) is 2.58. The van der Waals surface area contributed by atoms with Crippen LogP contribution in [0.4, 0.5) is 10.1 Å². The third kappa shape index (κ3) is 5.44. The van der Waals surface area contributed by atoms with Gasteiger partial charge in [-0.15, -0.1) is 0 Å². The molecule has 6 nitrogen and oxygen atoms in total. The third-order valence-electron chi connectivity index (χ3n) is 3.96. The minimum Gasteiger partial charge on any atom is -0.457 e. The molecule has 0 heterocycles. The summed E-state index contributed by atoms with van der Waals surface area (Å²) < 4.78 is 18.8. The van der Waals surface area contributed by atoms with Crippen LogP contribution in [0, 0.1) is 5.82 Å². The number of ether oxygens (including phenoxy) is 1. The Morgan fingerprint density at radius 1 is 1.03 bits per heavy atom. The summed E-state index contributed by atoms with van der Waals surface area (Å²) in [7, 11) is 0. The van der Waals surface area contributed by atoms with Crippen LogP contribution >= 0.6 is 11.6 Å². The Hall–Kier alpha value is -3.68. The lowest BCUT2D eigenvalue weighted by Gasteiger charge is -2.13. The first-order valence-electron chi connectivity index (χ1n) is 8.72. The molecular formula is C22H16ClFN2O4. The Labute approximate surface area is 176 Å². The topological polar surface area (TPSA) is 87.7 Å². The van der Waals surface area contributed by atoms with Gasteiger partial charge in [0.2, 0.25) is 0 Å². The lowest BCUT2D eigenvalue weighted by molar-refractivity contribution is -0.124. The van der Waals surface area contributed by atoms with Crippen molar-refractivity contribution in [3.8, 4) is 11.5 Å². The number of halogens is 2. The minimum atomic E-state index is -0.731. The van der Waals surface area contributed by atoms with Crippen molar-refractivity contribution < 1.29 is 23.9 Å². The summed E-state index contributed by atoms with van der Waals surface area (Å²) in [4.78, 5) is 24.1. The molecule has 3 aromatic rings. The minimum absolute atomic E-state index is 0.250. The fourth-order valence-electron chi connectivity index (χ4n) is 2.55. The van der Waals surface area contributed by atoms with Crippen LogP contribution in [-0.2, 0) is 4.79 Å². The van der Waals surface area contributed by atoms with E-state index in [9.17, 15) is 14.0 Å². The first kappa shape index (κ1) is 21.0. The van der Waals surface area contributed by atoms with Gasteiger partial charge in [-0.2, -0.15) is 0 Å². The van der Waals surface area contributed by atoms with E-state index in [1.54, 1.807) is 42.5 Å². The zero-order chi connectivity index (χ0) is 21.5. The van der Waals surface area contributed by atoms with Crippen LogP contribution in [0.2, 0.25) is 5.02 Å². The normalized spacial score (nSPS) is 10.6. The number of carbonyl (C=O) groups is 2. The van der Waals surface area contributed by atoms with Crippen molar-refractivity contribution in [2.24, 2.45) is 0 Å². The summed E-state index contributed by atoms with van der Waals surface area (Å²) in [6, 6.07) is 16.7. The van der Waals surface area contributed by atoms with E-state index >= 15 is 0 Å². The largest absolute Gasteiger partial charge is 0.457 e. The van der Waals surface area contributed by atoms with E-state index in [-0.39, 0.29) is 11.3 Å². The van der Waals surface area contributed by atoms with Crippen molar-refractivity contribution in [3.05, 3.63) is 94.8 Å². The molecular weight excluding hydrogens is 411 g/mol. The highest BCUT2D eigenvalue weighted by molar-refractivity contribution is 6.31. The van der Waals surface area contributed by atoms with Gasteiger partial charge in [-0.05, 0) is 66.2 Å². The Morgan fingerprint density at radius 3 is 2.50 bits per heavy atom. The molecule has 30 heavy (non-hydrogen) atoms. The maximum absolute atomic E-state index is 13.1. The van der Waals surface area contributed by atoms with Gasteiger partial charge in [-0.25, -0.2) is 9.87 Å². The molecule has 0 unspecified atom stereocenters. The number of hydroxylamine groups is 1. The van der Waals surface area contributed by atoms with Crippen LogP contribution in [-0.4, -0.2) is 17.0 Å². The van der Waals surface area contributed by atoms with Gasteiger partial charge in [0.25, 0.3) is 11.8 Å². The van der Waals surface area contributed by atoms with Crippen LogP contribution in [0.5, 0.6) is 11.5 Å². The van der Waals surface area contributed by atoms with Crippen molar-refractivity contribution in [1.29, 1.82) is 0 Å². The molecule has 8 heteroatoms. The maximum Gasteiger partial charge on any atom is 0.267 e. The molecule has 0 spiro atoms. The van der Waals surface area contributed by atoms with Crippen LogP contribution < -0.4 is 15.5 Å². The molecule has 0 aliphatic heterocycles.